The lowest BCUT2D eigenvalue weighted by molar-refractivity contribution is -0.122. The molecule has 2 aromatic rings. The number of ether oxygens (including phenoxy) is 1. The van der Waals surface area contributed by atoms with E-state index in [1.807, 2.05) is 13.0 Å². The molecular weight excluding hydrogens is 547 g/mol. The second-order valence-corrected chi connectivity index (χ2v) is 11.4. The van der Waals surface area contributed by atoms with Crippen molar-refractivity contribution in [3.05, 3.63) is 69.8 Å². The molecule has 0 saturated carbocycles. The molecule has 5 rings (SSSR count). The molecule has 2 amide bonds. The number of allylic oxidation sites excluding steroid dienone is 1. The van der Waals surface area contributed by atoms with Crippen LogP contribution in [0.5, 0.6) is 5.75 Å². The summed E-state index contributed by atoms with van der Waals surface area (Å²) in [5.74, 6) is -2.32. The van der Waals surface area contributed by atoms with Gasteiger partial charge in [0.1, 0.15) is 5.75 Å². The fourth-order valence-corrected chi connectivity index (χ4v) is 6.71. The third-order valence-electron chi connectivity index (χ3n) is 8.24. The Labute approximate surface area is 244 Å². The second-order valence-electron chi connectivity index (χ2n) is 11.0. The molecule has 0 aromatic heterocycles. The van der Waals surface area contributed by atoms with E-state index in [9.17, 15) is 29.8 Å². The van der Waals surface area contributed by atoms with E-state index in [2.05, 4.69) is 0 Å². The summed E-state index contributed by atoms with van der Waals surface area (Å²) >= 11 is 6.27. The number of rotatable bonds is 8. The van der Waals surface area contributed by atoms with Crippen LogP contribution in [0.3, 0.4) is 0 Å². The van der Waals surface area contributed by atoms with Crippen molar-refractivity contribution >= 4 is 54.9 Å². The molecular formula is C29H32B2ClNO8. The maximum atomic E-state index is 13.9. The van der Waals surface area contributed by atoms with Gasteiger partial charge in [-0.05, 0) is 90.9 Å². The van der Waals surface area contributed by atoms with E-state index in [1.54, 1.807) is 31.4 Å². The first kappa shape index (κ1) is 29.6. The lowest BCUT2D eigenvalue weighted by Gasteiger charge is -2.43. The number of benzene rings is 2. The highest BCUT2D eigenvalue weighted by Gasteiger charge is 2.57. The maximum Gasteiger partial charge on any atom is 0.488 e. The first-order valence-electron chi connectivity index (χ1n) is 13.6. The minimum Gasteiger partial charge on any atom is -0.508 e. The van der Waals surface area contributed by atoms with Gasteiger partial charge >= 0.3 is 14.2 Å². The van der Waals surface area contributed by atoms with Crippen LogP contribution in [0.25, 0.3) is 6.08 Å². The number of amides is 2. The molecule has 2 saturated heterocycles. The van der Waals surface area contributed by atoms with Gasteiger partial charge in [0.15, 0.2) is 0 Å². The van der Waals surface area contributed by atoms with E-state index >= 15 is 0 Å². The van der Waals surface area contributed by atoms with Crippen LogP contribution in [0.15, 0.2) is 59.2 Å². The highest BCUT2D eigenvalue weighted by molar-refractivity contribution is 6.58. The van der Waals surface area contributed by atoms with Crippen molar-refractivity contribution in [1.29, 1.82) is 0 Å². The molecule has 3 aliphatic rings. The molecule has 0 bridgehead atoms. The minimum atomic E-state index is -1.74. The van der Waals surface area contributed by atoms with Gasteiger partial charge in [0.05, 0.1) is 35.3 Å². The summed E-state index contributed by atoms with van der Waals surface area (Å²) in [7, 11) is -1.26. The molecule has 2 aromatic carbocycles. The molecule has 12 heteroatoms. The van der Waals surface area contributed by atoms with Crippen molar-refractivity contribution in [3.8, 4) is 5.75 Å². The molecule has 9 nitrogen and oxygen atoms in total. The third-order valence-corrected chi connectivity index (χ3v) is 8.57. The number of nitrogens with zero attached hydrogens (tertiary/aromatic N) is 1. The fraction of sp³-hybridized carbons (Fsp3) is 0.379. The van der Waals surface area contributed by atoms with Gasteiger partial charge in [-0.3, -0.25) is 14.5 Å². The van der Waals surface area contributed by atoms with E-state index in [0.717, 1.165) is 27.2 Å². The average molecular weight is 580 g/mol. The standard InChI is InChI=1S/C29H32B2ClNO8/c1-16(10-17-7-8-21(34)13-24(17)32)6-9-25-26-18(15-40-2)11-22-27(23(26)14-30(37)41-25)29(36)33(28(22)35)20-5-3-4-19(12-20)31(38)39/h3-5,7-8,10,12-13,22-23,25,27,34,37-39H,6,9,11,14-15H2,1-2H3/b16-10+/t22-,23+,25-,27-/m1/s1. The van der Waals surface area contributed by atoms with Gasteiger partial charge in [-0.2, -0.15) is 0 Å². The zero-order valence-corrected chi connectivity index (χ0v) is 23.6. The number of fused-ring (bicyclic) bond motifs is 3. The number of methoxy groups -OCH3 is 1. The van der Waals surface area contributed by atoms with E-state index in [0.29, 0.717) is 24.3 Å². The van der Waals surface area contributed by atoms with Crippen molar-refractivity contribution < 1.29 is 39.2 Å². The summed E-state index contributed by atoms with van der Waals surface area (Å²) in [6, 6.07) is 10.9. The Kier molecular flexibility index (Phi) is 8.75. The Morgan fingerprint density at radius 3 is 2.68 bits per heavy atom. The number of aromatic hydroxyl groups is 1. The molecule has 2 heterocycles. The summed E-state index contributed by atoms with van der Waals surface area (Å²) in [5.41, 5.74) is 4.07. The van der Waals surface area contributed by atoms with Crippen molar-refractivity contribution in [2.75, 3.05) is 18.6 Å². The Balaban J connectivity index is 1.43. The van der Waals surface area contributed by atoms with Gasteiger partial charge in [0, 0.05) is 7.11 Å². The van der Waals surface area contributed by atoms with Crippen LogP contribution in [-0.2, 0) is 19.0 Å². The van der Waals surface area contributed by atoms with Crippen LogP contribution >= 0.6 is 11.6 Å². The van der Waals surface area contributed by atoms with Crippen LogP contribution < -0.4 is 10.4 Å². The van der Waals surface area contributed by atoms with Gasteiger partial charge in [0.2, 0.25) is 11.8 Å². The molecule has 2 aliphatic heterocycles. The van der Waals surface area contributed by atoms with Crippen molar-refractivity contribution in [1.82, 2.24) is 0 Å². The van der Waals surface area contributed by atoms with Crippen LogP contribution in [0.4, 0.5) is 5.69 Å². The number of hydrogen-bond acceptors (Lipinski definition) is 8. The predicted octanol–water partition coefficient (Wildman–Crippen LogP) is 2.56. The van der Waals surface area contributed by atoms with Gasteiger partial charge in [0.25, 0.3) is 0 Å². The maximum absolute atomic E-state index is 13.9. The highest BCUT2D eigenvalue weighted by Crippen LogP contribution is 2.51. The van der Waals surface area contributed by atoms with Crippen LogP contribution in [-0.4, -0.2) is 66.1 Å². The highest BCUT2D eigenvalue weighted by atomic mass is 35.5. The number of phenolic OH excluding ortho intramolecular Hbond substituents is 1. The van der Waals surface area contributed by atoms with E-state index < -0.39 is 38.1 Å². The number of anilines is 1. The SMILES string of the molecule is COCC1=C2[C@@H](CC/C(C)=C/c3ccc(O)cc3Cl)OB(O)C[C@@H]2[C@@H]2C(=O)N(c3cccc(B(O)O)c3)C(=O)[C@@H]2C1. The summed E-state index contributed by atoms with van der Waals surface area (Å²) in [5, 5.41) is 40.1. The van der Waals surface area contributed by atoms with Crippen LogP contribution in [0.1, 0.15) is 31.7 Å². The lowest BCUT2D eigenvalue weighted by Crippen LogP contribution is -2.46. The van der Waals surface area contributed by atoms with Crippen molar-refractivity contribution in [2.24, 2.45) is 17.8 Å². The normalized spacial score (nSPS) is 24.6. The molecule has 1 aliphatic carbocycles. The third kappa shape index (κ3) is 5.88. The number of carbonyl (C=O) groups is 2. The Bertz CT molecular complexity index is 1410. The van der Waals surface area contributed by atoms with Gasteiger partial charge < -0.3 is 29.6 Å². The van der Waals surface area contributed by atoms with Crippen molar-refractivity contribution in [2.45, 2.75) is 38.6 Å². The average Bonchev–Trinajstić information content (AvgIpc) is 3.18. The molecule has 4 N–H and O–H groups in total. The van der Waals surface area contributed by atoms with E-state index in [4.69, 9.17) is 21.0 Å². The van der Waals surface area contributed by atoms with Crippen LogP contribution in [0.2, 0.25) is 11.3 Å². The molecule has 4 atom stereocenters. The zero-order valence-electron chi connectivity index (χ0n) is 22.9. The monoisotopic (exact) mass is 579 g/mol. The van der Waals surface area contributed by atoms with Gasteiger partial charge in [-0.25, -0.2) is 0 Å². The minimum absolute atomic E-state index is 0.0888. The smallest absolute Gasteiger partial charge is 0.488 e. The number of halogens is 1. The first-order valence-corrected chi connectivity index (χ1v) is 14.0. The molecule has 214 valence electrons. The molecule has 0 spiro atoms. The summed E-state index contributed by atoms with van der Waals surface area (Å²) in [6.07, 6.45) is 3.14. The summed E-state index contributed by atoms with van der Waals surface area (Å²) in [6.45, 7) is 2.24. The topological polar surface area (TPSA) is 137 Å². The molecule has 0 radical (unpaired) electrons. The fourth-order valence-electron chi connectivity index (χ4n) is 6.48. The first-order chi connectivity index (χ1) is 19.6. The quantitative estimate of drug-likeness (QED) is 0.213. The van der Waals surface area contributed by atoms with Crippen molar-refractivity contribution in [3.63, 3.8) is 0 Å². The zero-order chi connectivity index (χ0) is 29.4. The number of imide groups is 1. The Hall–Kier alpha value is -2.92. The van der Waals surface area contributed by atoms with E-state index in [-0.39, 0.29) is 41.6 Å². The predicted molar refractivity (Wildman–Crippen MR) is 156 cm³/mol. The van der Waals surface area contributed by atoms with E-state index in [1.165, 1.54) is 18.2 Å². The second kappa shape index (κ2) is 12.1. The lowest BCUT2D eigenvalue weighted by atomic mass is 9.58. The number of carbonyl (C=O) groups excluding carboxylic acids is 2. The summed E-state index contributed by atoms with van der Waals surface area (Å²) in [4.78, 5) is 28.6. The molecule has 41 heavy (non-hydrogen) atoms. The van der Waals surface area contributed by atoms with Gasteiger partial charge in [-0.15, -0.1) is 0 Å². The van der Waals surface area contributed by atoms with Crippen LogP contribution in [0, 0.1) is 17.8 Å². The van der Waals surface area contributed by atoms with Gasteiger partial charge in [-0.1, -0.05) is 35.4 Å². The number of hydrogen-bond donors (Lipinski definition) is 4. The molecule has 0 unspecified atom stereocenters. The molecule has 2 fully saturated rings. The Morgan fingerprint density at radius 1 is 1.20 bits per heavy atom. The summed E-state index contributed by atoms with van der Waals surface area (Å²) < 4.78 is 11.5. The Morgan fingerprint density at radius 2 is 1.98 bits per heavy atom. The number of phenols is 1. The largest absolute Gasteiger partial charge is 0.508 e.